The first-order chi connectivity index (χ1) is 12.1. The fourth-order valence-electron chi connectivity index (χ4n) is 2.57. The molecule has 2 atom stereocenters. The van der Waals surface area contributed by atoms with Crippen molar-refractivity contribution in [1.82, 2.24) is 4.90 Å². The minimum Gasteiger partial charge on any atom is -0.490 e. The number of carbonyl (C=O) groups is 1. The fourth-order valence-corrected chi connectivity index (χ4v) is 2.76. The van der Waals surface area contributed by atoms with E-state index in [2.05, 4.69) is 0 Å². The second kappa shape index (κ2) is 7.66. The lowest BCUT2D eigenvalue weighted by Crippen LogP contribution is -2.50. The summed E-state index contributed by atoms with van der Waals surface area (Å²) in [7, 11) is 1.72. The highest BCUT2D eigenvalue weighted by molar-refractivity contribution is 6.32. The van der Waals surface area contributed by atoms with Crippen molar-refractivity contribution in [2.75, 3.05) is 20.2 Å². The van der Waals surface area contributed by atoms with Crippen LogP contribution in [-0.2, 0) is 4.79 Å². The number of nitrogens with zero attached hydrogens (tertiary/aromatic N) is 1. The molecular formula is C19H20ClNO4. The molecule has 1 amide bonds. The summed E-state index contributed by atoms with van der Waals surface area (Å²) in [6.07, 6.45) is -1.05. The largest absolute Gasteiger partial charge is 0.490 e. The Morgan fingerprint density at radius 2 is 1.76 bits per heavy atom. The Morgan fingerprint density at radius 3 is 2.48 bits per heavy atom. The predicted octanol–water partition coefficient (Wildman–Crippen LogP) is 3.41. The number of likely N-dealkylation sites (N-methyl/N-ethyl adjacent to an activating group) is 1. The maximum absolute atomic E-state index is 12.7. The van der Waals surface area contributed by atoms with Crippen LogP contribution in [0.4, 0.5) is 0 Å². The third kappa shape index (κ3) is 3.99. The zero-order chi connectivity index (χ0) is 17.8. The Hall–Kier alpha value is -2.40. The van der Waals surface area contributed by atoms with Crippen molar-refractivity contribution in [3.8, 4) is 17.2 Å². The normalized spacial score (nSPS) is 18.5. The summed E-state index contributed by atoms with van der Waals surface area (Å²) in [5, 5.41) is 0.547. The first-order valence-corrected chi connectivity index (χ1v) is 8.48. The van der Waals surface area contributed by atoms with Gasteiger partial charge in [-0.05, 0) is 31.2 Å². The van der Waals surface area contributed by atoms with Gasteiger partial charge in [0.1, 0.15) is 18.5 Å². The number of ether oxygens (including phenoxy) is 3. The molecule has 2 aromatic carbocycles. The Bertz CT molecular complexity index is 752. The Kier molecular flexibility index (Phi) is 5.34. The van der Waals surface area contributed by atoms with Gasteiger partial charge in [-0.1, -0.05) is 35.9 Å². The molecule has 5 nitrogen and oxygen atoms in total. The van der Waals surface area contributed by atoms with E-state index in [0.717, 1.165) is 0 Å². The topological polar surface area (TPSA) is 48.0 Å². The average molecular weight is 362 g/mol. The number of carbonyl (C=O) groups excluding carboxylic acids is 1. The SMILES string of the molecule is C[C@@H]1Oc2ccccc2O[C@@H]1C(=O)N(C)CCOc1ccccc1Cl. The minimum atomic E-state index is -0.680. The Labute approximate surface area is 152 Å². The highest BCUT2D eigenvalue weighted by Crippen LogP contribution is 2.33. The lowest BCUT2D eigenvalue weighted by molar-refractivity contribution is -0.143. The van der Waals surface area contributed by atoms with Crippen molar-refractivity contribution >= 4 is 17.5 Å². The maximum Gasteiger partial charge on any atom is 0.267 e. The maximum atomic E-state index is 12.7. The van der Waals surface area contributed by atoms with Gasteiger partial charge in [-0.3, -0.25) is 4.79 Å². The van der Waals surface area contributed by atoms with E-state index in [1.807, 2.05) is 37.3 Å². The molecule has 1 heterocycles. The van der Waals surface area contributed by atoms with Gasteiger partial charge >= 0.3 is 0 Å². The number of hydrogen-bond donors (Lipinski definition) is 0. The summed E-state index contributed by atoms with van der Waals surface area (Å²) >= 11 is 6.05. The lowest BCUT2D eigenvalue weighted by atomic mass is 10.1. The van der Waals surface area contributed by atoms with Gasteiger partial charge in [-0.25, -0.2) is 0 Å². The molecule has 1 aliphatic rings. The summed E-state index contributed by atoms with van der Waals surface area (Å²) in [4.78, 5) is 14.2. The van der Waals surface area contributed by atoms with E-state index in [1.54, 1.807) is 30.1 Å². The number of fused-ring (bicyclic) bond motifs is 1. The Balaban J connectivity index is 1.56. The van der Waals surface area contributed by atoms with Crippen molar-refractivity contribution in [2.45, 2.75) is 19.1 Å². The number of benzene rings is 2. The fraction of sp³-hybridized carbons (Fsp3) is 0.316. The van der Waals surface area contributed by atoms with Gasteiger partial charge in [0, 0.05) is 7.05 Å². The highest BCUT2D eigenvalue weighted by atomic mass is 35.5. The van der Waals surface area contributed by atoms with Gasteiger partial charge in [-0.2, -0.15) is 0 Å². The van der Waals surface area contributed by atoms with E-state index in [4.69, 9.17) is 25.8 Å². The third-order valence-electron chi connectivity index (χ3n) is 3.98. The van der Waals surface area contributed by atoms with E-state index in [1.165, 1.54) is 0 Å². The Morgan fingerprint density at radius 1 is 1.12 bits per heavy atom. The lowest BCUT2D eigenvalue weighted by Gasteiger charge is -2.33. The standard InChI is InChI=1S/C19H20ClNO4/c1-13-18(25-17-10-6-5-9-16(17)24-13)19(22)21(2)11-12-23-15-8-4-3-7-14(15)20/h3-10,13,18H,11-12H2,1-2H3/t13-,18-/m0/s1. The van der Waals surface area contributed by atoms with Crippen LogP contribution in [0.15, 0.2) is 48.5 Å². The number of rotatable bonds is 5. The van der Waals surface area contributed by atoms with Crippen LogP contribution in [0.3, 0.4) is 0 Å². The number of para-hydroxylation sites is 3. The minimum absolute atomic E-state index is 0.148. The molecule has 0 fully saturated rings. The second-order valence-corrected chi connectivity index (χ2v) is 6.25. The highest BCUT2D eigenvalue weighted by Gasteiger charge is 2.35. The molecule has 0 radical (unpaired) electrons. The average Bonchev–Trinajstić information content (AvgIpc) is 2.62. The molecule has 0 aromatic heterocycles. The second-order valence-electron chi connectivity index (χ2n) is 5.85. The van der Waals surface area contributed by atoms with Crippen LogP contribution in [0.2, 0.25) is 5.02 Å². The van der Waals surface area contributed by atoms with Crippen LogP contribution in [-0.4, -0.2) is 43.2 Å². The van der Waals surface area contributed by atoms with Crippen molar-refractivity contribution in [3.05, 3.63) is 53.6 Å². The molecule has 3 rings (SSSR count). The smallest absolute Gasteiger partial charge is 0.267 e. The van der Waals surface area contributed by atoms with Crippen molar-refractivity contribution in [1.29, 1.82) is 0 Å². The summed E-state index contributed by atoms with van der Waals surface area (Å²) in [6, 6.07) is 14.6. The number of hydrogen-bond acceptors (Lipinski definition) is 4. The zero-order valence-electron chi connectivity index (χ0n) is 14.1. The molecule has 0 spiro atoms. The number of amides is 1. The third-order valence-corrected chi connectivity index (χ3v) is 4.30. The summed E-state index contributed by atoms with van der Waals surface area (Å²) < 4.78 is 17.2. The van der Waals surface area contributed by atoms with Gasteiger partial charge in [0.05, 0.1) is 11.6 Å². The van der Waals surface area contributed by atoms with Crippen LogP contribution in [0.5, 0.6) is 17.2 Å². The van der Waals surface area contributed by atoms with Crippen molar-refractivity contribution < 1.29 is 19.0 Å². The van der Waals surface area contributed by atoms with Crippen LogP contribution in [0.1, 0.15) is 6.92 Å². The van der Waals surface area contributed by atoms with Crippen molar-refractivity contribution in [2.24, 2.45) is 0 Å². The molecule has 0 aliphatic carbocycles. The summed E-state index contributed by atoms with van der Waals surface area (Å²) in [6.45, 7) is 2.58. The van der Waals surface area contributed by atoms with E-state index in [-0.39, 0.29) is 12.0 Å². The first kappa shape index (κ1) is 17.4. The van der Waals surface area contributed by atoms with Gasteiger partial charge < -0.3 is 19.1 Å². The molecular weight excluding hydrogens is 342 g/mol. The summed E-state index contributed by atoms with van der Waals surface area (Å²) in [5.41, 5.74) is 0. The van der Waals surface area contributed by atoms with Crippen LogP contribution in [0.25, 0.3) is 0 Å². The number of halogens is 1. The molecule has 0 saturated carbocycles. The first-order valence-electron chi connectivity index (χ1n) is 8.11. The van der Waals surface area contributed by atoms with E-state index in [0.29, 0.717) is 35.4 Å². The van der Waals surface area contributed by atoms with Crippen LogP contribution >= 0.6 is 11.6 Å². The monoisotopic (exact) mass is 361 g/mol. The van der Waals surface area contributed by atoms with E-state index in [9.17, 15) is 4.79 Å². The molecule has 0 bridgehead atoms. The molecule has 1 aliphatic heterocycles. The van der Waals surface area contributed by atoms with Crippen LogP contribution in [0, 0.1) is 0 Å². The molecule has 0 unspecified atom stereocenters. The van der Waals surface area contributed by atoms with Crippen molar-refractivity contribution in [3.63, 3.8) is 0 Å². The zero-order valence-corrected chi connectivity index (χ0v) is 14.9. The van der Waals surface area contributed by atoms with Crippen LogP contribution < -0.4 is 14.2 Å². The molecule has 2 aromatic rings. The van der Waals surface area contributed by atoms with E-state index >= 15 is 0 Å². The van der Waals surface area contributed by atoms with Gasteiger partial charge in [0.15, 0.2) is 11.5 Å². The molecule has 6 heteroatoms. The van der Waals surface area contributed by atoms with Gasteiger partial charge in [0.2, 0.25) is 6.10 Å². The quantitative estimate of drug-likeness (QED) is 0.818. The predicted molar refractivity (Wildman–Crippen MR) is 95.5 cm³/mol. The molecule has 132 valence electrons. The van der Waals surface area contributed by atoms with Gasteiger partial charge in [-0.15, -0.1) is 0 Å². The molecule has 25 heavy (non-hydrogen) atoms. The molecule has 0 N–H and O–H groups in total. The van der Waals surface area contributed by atoms with E-state index < -0.39 is 6.10 Å². The summed E-state index contributed by atoms with van der Waals surface area (Å²) in [5.74, 6) is 1.69. The van der Waals surface area contributed by atoms with Gasteiger partial charge in [0.25, 0.3) is 5.91 Å². The molecule has 0 saturated heterocycles.